The molecular weight excluding hydrogens is 292 g/mol. The van der Waals surface area contributed by atoms with E-state index in [1.165, 1.54) is 6.07 Å². The molecule has 3 N–H and O–H groups in total. The summed E-state index contributed by atoms with van der Waals surface area (Å²) in [6, 6.07) is 4.83. The molecule has 1 aliphatic heterocycles. The minimum atomic E-state index is -3.56. The summed E-state index contributed by atoms with van der Waals surface area (Å²) in [6.45, 7) is 0.291. The molecule has 1 heterocycles. The summed E-state index contributed by atoms with van der Waals surface area (Å²) in [5.74, 6) is 1.80. The van der Waals surface area contributed by atoms with Crippen molar-refractivity contribution >= 4 is 33.4 Å². The average Bonchev–Trinajstić information content (AvgIpc) is 2.81. The fourth-order valence-corrected chi connectivity index (χ4v) is 4.87. The Kier molecular flexibility index (Phi) is 4.55. The lowest BCUT2D eigenvalue weighted by atomic mass is 10.2. The summed E-state index contributed by atoms with van der Waals surface area (Å²) < 4.78 is 27.2. The van der Waals surface area contributed by atoms with E-state index in [4.69, 9.17) is 17.3 Å². The van der Waals surface area contributed by atoms with E-state index >= 15 is 0 Å². The SMILES string of the molecule is NCc1ccc(Cl)c(S(=O)(=O)NC2CCSC2)c1. The number of hydrogen-bond donors (Lipinski definition) is 2. The van der Waals surface area contributed by atoms with Crippen LogP contribution in [0, 0.1) is 0 Å². The summed E-state index contributed by atoms with van der Waals surface area (Å²) in [6.07, 6.45) is 0.859. The van der Waals surface area contributed by atoms with Crippen molar-refractivity contribution in [3.63, 3.8) is 0 Å². The number of thioether (sulfide) groups is 1. The van der Waals surface area contributed by atoms with Gasteiger partial charge in [0.25, 0.3) is 0 Å². The maximum Gasteiger partial charge on any atom is 0.242 e. The van der Waals surface area contributed by atoms with Crippen molar-refractivity contribution in [2.75, 3.05) is 11.5 Å². The monoisotopic (exact) mass is 306 g/mol. The van der Waals surface area contributed by atoms with E-state index in [-0.39, 0.29) is 16.0 Å². The lowest BCUT2D eigenvalue weighted by Crippen LogP contribution is -2.34. The average molecular weight is 307 g/mol. The van der Waals surface area contributed by atoms with Gasteiger partial charge < -0.3 is 5.73 Å². The Balaban J connectivity index is 2.27. The first-order valence-corrected chi connectivity index (χ1v) is 8.63. The van der Waals surface area contributed by atoms with Gasteiger partial charge in [0.15, 0.2) is 0 Å². The topological polar surface area (TPSA) is 72.2 Å². The first kappa shape index (κ1) is 14.1. The second-order valence-corrected chi connectivity index (χ2v) is 7.39. The van der Waals surface area contributed by atoms with Gasteiger partial charge >= 0.3 is 0 Å². The van der Waals surface area contributed by atoms with Crippen LogP contribution in [0.5, 0.6) is 0 Å². The molecule has 0 radical (unpaired) electrons. The summed E-state index contributed by atoms with van der Waals surface area (Å²) in [7, 11) is -3.56. The Morgan fingerprint density at radius 3 is 2.89 bits per heavy atom. The molecule has 1 fully saturated rings. The zero-order valence-electron chi connectivity index (χ0n) is 9.73. The summed E-state index contributed by atoms with van der Waals surface area (Å²) in [4.78, 5) is 0.115. The third-order valence-electron chi connectivity index (χ3n) is 2.77. The highest BCUT2D eigenvalue weighted by atomic mass is 35.5. The van der Waals surface area contributed by atoms with Gasteiger partial charge in [0.2, 0.25) is 10.0 Å². The van der Waals surface area contributed by atoms with Gasteiger partial charge in [-0.05, 0) is 29.9 Å². The lowest BCUT2D eigenvalue weighted by molar-refractivity contribution is 0.563. The van der Waals surface area contributed by atoms with Crippen LogP contribution in [0.15, 0.2) is 23.1 Å². The lowest BCUT2D eigenvalue weighted by Gasteiger charge is -2.13. The van der Waals surface area contributed by atoms with Crippen LogP contribution in [-0.4, -0.2) is 26.0 Å². The number of halogens is 1. The van der Waals surface area contributed by atoms with Crippen molar-refractivity contribution in [3.05, 3.63) is 28.8 Å². The second kappa shape index (κ2) is 5.79. The smallest absolute Gasteiger partial charge is 0.242 e. The van der Waals surface area contributed by atoms with Crippen molar-refractivity contribution in [2.24, 2.45) is 5.73 Å². The highest BCUT2D eigenvalue weighted by Gasteiger charge is 2.25. The molecule has 1 saturated heterocycles. The number of sulfonamides is 1. The molecule has 0 aromatic heterocycles. The van der Waals surface area contributed by atoms with E-state index in [1.54, 1.807) is 23.9 Å². The third-order valence-corrected chi connectivity index (χ3v) is 5.94. The van der Waals surface area contributed by atoms with Crippen molar-refractivity contribution in [1.82, 2.24) is 4.72 Å². The van der Waals surface area contributed by atoms with Gasteiger partial charge in [-0.3, -0.25) is 0 Å². The third kappa shape index (κ3) is 3.19. The fourth-order valence-electron chi connectivity index (χ4n) is 1.79. The van der Waals surface area contributed by atoms with E-state index in [2.05, 4.69) is 4.72 Å². The zero-order valence-corrected chi connectivity index (χ0v) is 12.1. The normalized spacial score (nSPS) is 20.2. The van der Waals surface area contributed by atoms with Crippen LogP contribution in [0.3, 0.4) is 0 Å². The maximum absolute atomic E-state index is 12.2. The van der Waals surface area contributed by atoms with Crippen molar-refractivity contribution in [1.29, 1.82) is 0 Å². The largest absolute Gasteiger partial charge is 0.326 e. The molecule has 18 heavy (non-hydrogen) atoms. The molecule has 100 valence electrons. The van der Waals surface area contributed by atoms with E-state index in [1.807, 2.05) is 0 Å². The van der Waals surface area contributed by atoms with Crippen molar-refractivity contribution < 1.29 is 8.42 Å². The van der Waals surface area contributed by atoms with Gasteiger partial charge in [-0.1, -0.05) is 17.7 Å². The molecule has 1 aromatic rings. The molecule has 1 unspecified atom stereocenters. The van der Waals surface area contributed by atoms with Crippen LogP contribution in [0.2, 0.25) is 5.02 Å². The molecule has 0 amide bonds. The molecule has 7 heteroatoms. The van der Waals surface area contributed by atoms with Crippen molar-refractivity contribution in [2.45, 2.75) is 23.9 Å². The predicted molar refractivity (Wildman–Crippen MR) is 75.4 cm³/mol. The molecule has 0 aliphatic carbocycles. The number of nitrogens with one attached hydrogen (secondary N) is 1. The van der Waals surface area contributed by atoms with Gasteiger partial charge in [0.05, 0.1) is 5.02 Å². The van der Waals surface area contributed by atoms with Gasteiger partial charge in [0, 0.05) is 18.3 Å². The number of rotatable bonds is 4. The number of nitrogens with two attached hydrogens (primary N) is 1. The van der Waals surface area contributed by atoms with Gasteiger partial charge in [-0.2, -0.15) is 11.8 Å². The van der Waals surface area contributed by atoms with E-state index in [0.717, 1.165) is 23.5 Å². The molecular formula is C11H15ClN2O2S2. The summed E-state index contributed by atoms with van der Waals surface area (Å²) >= 11 is 7.71. The van der Waals surface area contributed by atoms with Crippen LogP contribution >= 0.6 is 23.4 Å². The Morgan fingerprint density at radius 2 is 2.28 bits per heavy atom. The minimum Gasteiger partial charge on any atom is -0.326 e. The Labute approximate surface area is 116 Å². The Morgan fingerprint density at radius 1 is 1.50 bits per heavy atom. The van der Waals surface area contributed by atoms with E-state index in [9.17, 15) is 8.42 Å². The maximum atomic E-state index is 12.2. The zero-order chi connectivity index (χ0) is 13.2. The van der Waals surface area contributed by atoms with Crippen LogP contribution < -0.4 is 10.5 Å². The Hall–Kier alpha value is -0.270. The Bertz CT molecular complexity index is 528. The van der Waals surface area contributed by atoms with Crippen LogP contribution in [0.1, 0.15) is 12.0 Å². The molecule has 0 spiro atoms. The first-order valence-electron chi connectivity index (χ1n) is 5.61. The molecule has 4 nitrogen and oxygen atoms in total. The molecule has 1 aromatic carbocycles. The summed E-state index contributed by atoms with van der Waals surface area (Å²) in [5.41, 5.74) is 6.26. The van der Waals surface area contributed by atoms with E-state index < -0.39 is 10.0 Å². The predicted octanol–water partition coefficient (Wildman–Crippen LogP) is 1.58. The van der Waals surface area contributed by atoms with Crippen LogP contribution in [0.25, 0.3) is 0 Å². The highest BCUT2D eigenvalue weighted by molar-refractivity contribution is 7.99. The number of benzene rings is 1. The highest BCUT2D eigenvalue weighted by Crippen LogP contribution is 2.25. The number of hydrogen-bond acceptors (Lipinski definition) is 4. The summed E-state index contributed by atoms with van der Waals surface area (Å²) in [5, 5.41) is 0.227. The first-order chi connectivity index (χ1) is 8.53. The van der Waals surface area contributed by atoms with Gasteiger partial charge in [-0.15, -0.1) is 0 Å². The quantitative estimate of drug-likeness (QED) is 0.886. The second-order valence-electron chi connectivity index (χ2n) is 4.15. The van der Waals surface area contributed by atoms with Crippen molar-refractivity contribution in [3.8, 4) is 0 Å². The van der Waals surface area contributed by atoms with Crippen LogP contribution in [0.4, 0.5) is 0 Å². The molecule has 0 saturated carbocycles. The fraction of sp³-hybridized carbons (Fsp3) is 0.455. The van der Waals surface area contributed by atoms with Gasteiger partial charge in [-0.25, -0.2) is 13.1 Å². The van der Waals surface area contributed by atoms with Gasteiger partial charge in [0.1, 0.15) is 4.90 Å². The van der Waals surface area contributed by atoms with Crippen LogP contribution in [-0.2, 0) is 16.6 Å². The molecule has 1 aliphatic rings. The minimum absolute atomic E-state index is 0.00222. The molecule has 1 atom stereocenters. The van der Waals surface area contributed by atoms with E-state index in [0.29, 0.717) is 6.54 Å². The molecule has 0 bridgehead atoms. The molecule has 2 rings (SSSR count). The standard InChI is InChI=1S/C11H15ClN2O2S2/c12-10-2-1-8(6-13)5-11(10)18(15,16)14-9-3-4-17-7-9/h1-2,5,9,14H,3-4,6-7,13H2.